The molecular formula is C7H14O3. The Morgan fingerprint density at radius 2 is 2.00 bits per heavy atom. The van der Waals surface area contributed by atoms with E-state index in [4.69, 9.17) is 14.6 Å². The van der Waals surface area contributed by atoms with Crippen LogP contribution in [-0.2, 0) is 9.47 Å². The fourth-order valence-corrected chi connectivity index (χ4v) is 0.935. The Morgan fingerprint density at radius 3 is 2.50 bits per heavy atom. The van der Waals surface area contributed by atoms with Crippen molar-refractivity contribution in [1.29, 1.82) is 0 Å². The number of aliphatic hydroxyl groups is 1. The summed E-state index contributed by atoms with van der Waals surface area (Å²) in [5, 5.41) is 8.95. The molecule has 0 aromatic carbocycles. The van der Waals surface area contributed by atoms with E-state index in [2.05, 4.69) is 6.92 Å². The molecule has 1 N–H and O–H groups in total. The fourth-order valence-electron chi connectivity index (χ4n) is 0.935. The zero-order valence-corrected chi connectivity index (χ0v) is 6.25. The molecule has 1 heterocycles. The predicted octanol–water partition coefficient (Wildman–Crippen LogP) is 0.520. The Labute approximate surface area is 60.9 Å². The molecule has 3 nitrogen and oxygen atoms in total. The number of aliphatic hydroxyl groups excluding tert-OH is 1. The monoisotopic (exact) mass is 146 g/mol. The van der Waals surface area contributed by atoms with Crippen LogP contribution in [0.4, 0.5) is 0 Å². The SMILES string of the molecule is CCCC1OCC(O)CO1. The van der Waals surface area contributed by atoms with E-state index in [9.17, 15) is 0 Å². The van der Waals surface area contributed by atoms with Gasteiger partial charge in [-0.25, -0.2) is 0 Å². The Morgan fingerprint density at radius 1 is 1.40 bits per heavy atom. The van der Waals surface area contributed by atoms with Gasteiger partial charge in [0.25, 0.3) is 0 Å². The van der Waals surface area contributed by atoms with E-state index in [1.54, 1.807) is 0 Å². The van der Waals surface area contributed by atoms with Crippen molar-refractivity contribution in [3.05, 3.63) is 0 Å². The van der Waals surface area contributed by atoms with Crippen molar-refractivity contribution in [3.63, 3.8) is 0 Å². The lowest BCUT2D eigenvalue weighted by atomic mass is 10.3. The van der Waals surface area contributed by atoms with Gasteiger partial charge in [0.15, 0.2) is 6.29 Å². The van der Waals surface area contributed by atoms with Crippen LogP contribution >= 0.6 is 0 Å². The first-order chi connectivity index (χ1) is 4.83. The molecule has 0 radical (unpaired) electrons. The van der Waals surface area contributed by atoms with Crippen LogP contribution in [0.5, 0.6) is 0 Å². The summed E-state index contributed by atoms with van der Waals surface area (Å²) in [6, 6.07) is 0. The summed E-state index contributed by atoms with van der Waals surface area (Å²) in [6.07, 6.45) is 1.48. The maximum Gasteiger partial charge on any atom is 0.157 e. The summed E-state index contributed by atoms with van der Waals surface area (Å²) in [5.74, 6) is 0. The Hall–Kier alpha value is -0.120. The molecule has 0 spiro atoms. The second kappa shape index (κ2) is 3.91. The van der Waals surface area contributed by atoms with Gasteiger partial charge < -0.3 is 14.6 Å². The average Bonchev–Trinajstić information content (AvgIpc) is 1.95. The molecule has 60 valence electrons. The standard InChI is InChI=1S/C7H14O3/c1-2-3-7-9-4-6(8)5-10-7/h6-8H,2-5H2,1H3. The third kappa shape index (κ3) is 2.25. The molecule has 1 aliphatic rings. The minimum Gasteiger partial charge on any atom is -0.388 e. The molecule has 0 amide bonds. The zero-order valence-electron chi connectivity index (χ0n) is 6.25. The lowest BCUT2D eigenvalue weighted by molar-refractivity contribution is -0.218. The van der Waals surface area contributed by atoms with Gasteiger partial charge in [0.2, 0.25) is 0 Å². The van der Waals surface area contributed by atoms with Gasteiger partial charge in [-0.05, 0) is 6.42 Å². The average molecular weight is 146 g/mol. The van der Waals surface area contributed by atoms with Gasteiger partial charge in [-0.2, -0.15) is 0 Å². The van der Waals surface area contributed by atoms with Crippen molar-refractivity contribution in [2.75, 3.05) is 13.2 Å². The maximum absolute atomic E-state index is 8.95. The van der Waals surface area contributed by atoms with Crippen LogP contribution in [0.3, 0.4) is 0 Å². The molecule has 10 heavy (non-hydrogen) atoms. The van der Waals surface area contributed by atoms with Gasteiger partial charge in [0, 0.05) is 0 Å². The first-order valence-corrected chi connectivity index (χ1v) is 3.74. The van der Waals surface area contributed by atoms with Crippen molar-refractivity contribution in [3.8, 4) is 0 Å². The molecule has 0 aliphatic carbocycles. The maximum atomic E-state index is 8.95. The normalized spacial score (nSPS) is 34.2. The van der Waals surface area contributed by atoms with Crippen LogP contribution in [-0.4, -0.2) is 30.7 Å². The highest BCUT2D eigenvalue weighted by atomic mass is 16.7. The number of hydrogen-bond acceptors (Lipinski definition) is 3. The summed E-state index contributed by atoms with van der Waals surface area (Å²) in [6.45, 7) is 2.92. The Kier molecular flexibility index (Phi) is 3.12. The summed E-state index contributed by atoms with van der Waals surface area (Å²) < 4.78 is 10.3. The second-order valence-electron chi connectivity index (χ2n) is 2.54. The van der Waals surface area contributed by atoms with Gasteiger partial charge >= 0.3 is 0 Å². The highest BCUT2D eigenvalue weighted by Gasteiger charge is 2.18. The van der Waals surface area contributed by atoms with E-state index in [0.29, 0.717) is 13.2 Å². The molecule has 0 atom stereocenters. The quantitative estimate of drug-likeness (QED) is 0.617. The van der Waals surface area contributed by atoms with E-state index < -0.39 is 6.10 Å². The molecule has 0 aromatic rings. The lowest BCUT2D eigenvalue weighted by Gasteiger charge is -2.26. The molecule has 1 fully saturated rings. The summed E-state index contributed by atoms with van der Waals surface area (Å²) in [4.78, 5) is 0. The van der Waals surface area contributed by atoms with Crippen molar-refractivity contribution >= 4 is 0 Å². The minimum absolute atomic E-state index is 0.0756. The van der Waals surface area contributed by atoms with Crippen LogP contribution in [0, 0.1) is 0 Å². The molecule has 1 saturated heterocycles. The van der Waals surface area contributed by atoms with E-state index in [-0.39, 0.29) is 6.29 Å². The van der Waals surface area contributed by atoms with Crippen molar-refractivity contribution in [1.82, 2.24) is 0 Å². The minimum atomic E-state index is -0.423. The summed E-state index contributed by atoms with van der Waals surface area (Å²) in [7, 11) is 0. The fraction of sp³-hybridized carbons (Fsp3) is 1.00. The Bertz CT molecular complexity index is 86.9. The van der Waals surface area contributed by atoms with Gasteiger partial charge in [-0.15, -0.1) is 0 Å². The van der Waals surface area contributed by atoms with Crippen LogP contribution < -0.4 is 0 Å². The third-order valence-electron chi connectivity index (χ3n) is 1.47. The van der Waals surface area contributed by atoms with Crippen molar-refractivity contribution in [2.45, 2.75) is 32.2 Å². The van der Waals surface area contributed by atoms with E-state index in [1.807, 2.05) is 0 Å². The second-order valence-corrected chi connectivity index (χ2v) is 2.54. The molecule has 1 rings (SSSR count). The molecule has 0 unspecified atom stereocenters. The molecule has 0 bridgehead atoms. The predicted molar refractivity (Wildman–Crippen MR) is 36.6 cm³/mol. The zero-order chi connectivity index (χ0) is 7.40. The number of rotatable bonds is 2. The lowest BCUT2D eigenvalue weighted by Crippen LogP contribution is -2.35. The van der Waals surface area contributed by atoms with E-state index in [1.165, 1.54) is 0 Å². The van der Waals surface area contributed by atoms with Crippen LogP contribution in [0.25, 0.3) is 0 Å². The summed E-state index contributed by atoms with van der Waals surface area (Å²) in [5.41, 5.74) is 0. The first kappa shape index (κ1) is 7.98. The molecule has 0 aromatic heterocycles. The highest BCUT2D eigenvalue weighted by molar-refractivity contribution is 4.59. The van der Waals surface area contributed by atoms with Crippen molar-refractivity contribution < 1.29 is 14.6 Å². The molecule has 3 heteroatoms. The van der Waals surface area contributed by atoms with Crippen LogP contribution in [0.15, 0.2) is 0 Å². The highest BCUT2D eigenvalue weighted by Crippen LogP contribution is 2.09. The van der Waals surface area contributed by atoms with Crippen molar-refractivity contribution in [2.24, 2.45) is 0 Å². The van der Waals surface area contributed by atoms with Crippen LogP contribution in [0.1, 0.15) is 19.8 Å². The first-order valence-electron chi connectivity index (χ1n) is 3.74. The third-order valence-corrected chi connectivity index (χ3v) is 1.47. The Balaban J connectivity index is 2.13. The number of ether oxygens (including phenoxy) is 2. The van der Waals surface area contributed by atoms with Gasteiger partial charge in [-0.1, -0.05) is 13.3 Å². The van der Waals surface area contributed by atoms with Gasteiger partial charge in [-0.3, -0.25) is 0 Å². The smallest absolute Gasteiger partial charge is 0.157 e. The van der Waals surface area contributed by atoms with Gasteiger partial charge in [0.1, 0.15) is 6.10 Å². The van der Waals surface area contributed by atoms with E-state index >= 15 is 0 Å². The topological polar surface area (TPSA) is 38.7 Å². The van der Waals surface area contributed by atoms with Crippen LogP contribution in [0.2, 0.25) is 0 Å². The molecule has 1 aliphatic heterocycles. The molecular weight excluding hydrogens is 132 g/mol. The number of hydrogen-bond donors (Lipinski definition) is 1. The molecule has 0 saturated carbocycles. The largest absolute Gasteiger partial charge is 0.388 e. The summed E-state index contributed by atoms with van der Waals surface area (Å²) >= 11 is 0. The van der Waals surface area contributed by atoms with E-state index in [0.717, 1.165) is 12.8 Å². The van der Waals surface area contributed by atoms with Gasteiger partial charge in [0.05, 0.1) is 13.2 Å².